The minimum atomic E-state index is -0.479. The number of hydrogen-bond donors (Lipinski definition) is 2. The van der Waals surface area contributed by atoms with E-state index in [0.717, 1.165) is 18.5 Å². The van der Waals surface area contributed by atoms with Crippen molar-refractivity contribution in [1.82, 2.24) is 10.3 Å². The summed E-state index contributed by atoms with van der Waals surface area (Å²) in [4.78, 5) is 16.0. The summed E-state index contributed by atoms with van der Waals surface area (Å²) in [5.41, 5.74) is 0.977. The highest BCUT2D eigenvalue weighted by molar-refractivity contribution is 5.76. The summed E-state index contributed by atoms with van der Waals surface area (Å²) in [6, 6.07) is 8.72. The lowest BCUT2D eigenvalue weighted by Gasteiger charge is -2.13. The normalized spacial score (nSPS) is 12.1. The molecule has 2 aromatic rings. The molecule has 2 N–H and O–H groups in total. The first-order valence-electron chi connectivity index (χ1n) is 6.63. The van der Waals surface area contributed by atoms with Crippen molar-refractivity contribution in [3.8, 4) is 0 Å². The van der Waals surface area contributed by atoms with Crippen molar-refractivity contribution >= 4 is 5.91 Å². The average molecular weight is 274 g/mol. The molecule has 2 heterocycles. The van der Waals surface area contributed by atoms with Gasteiger partial charge in [-0.2, -0.15) is 0 Å². The number of pyridine rings is 1. The van der Waals surface area contributed by atoms with Gasteiger partial charge < -0.3 is 14.8 Å². The van der Waals surface area contributed by atoms with Gasteiger partial charge >= 0.3 is 0 Å². The molecule has 106 valence electrons. The van der Waals surface area contributed by atoms with E-state index in [2.05, 4.69) is 10.3 Å². The topological polar surface area (TPSA) is 75.4 Å². The number of carbonyl (C=O) groups excluding carboxylic acids is 1. The smallest absolute Gasteiger partial charge is 0.220 e. The van der Waals surface area contributed by atoms with E-state index < -0.39 is 6.04 Å². The zero-order chi connectivity index (χ0) is 14.2. The third kappa shape index (κ3) is 4.20. The van der Waals surface area contributed by atoms with Crippen LogP contribution in [-0.4, -0.2) is 22.6 Å². The van der Waals surface area contributed by atoms with Crippen LogP contribution < -0.4 is 5.32 Å². The molecule has 0 aliphatic heterocycles. The van der Waals surface area contributed by atoms with E-state index in [1.54, 1.807) is 18.3 Å². The highest BCUT2D eigenvalue weighted by Crippen LogP contribution is 2.13. The van der Waals surface area contributed by atoms with E-state index in [1.807, 2.05) is 18.2 Å². The van der Waals surface area contributed by atoms with Crippen molar-refractivity contribution in [2.45, 2.75) is 25.3 Å². The van der Waals surface area contributed by atoms with Gasteiger partial charge in [-0.25, -0.2) is 0 Å². The van der Waals surface area contributed by atoms with Gasteiger partial charge in [-0.1, -0.05) is 6.07 Å². The van der Waals surface area contributed by atoms with E-state index >= 15 is 0 Å². The van der Waals surface area contributed by atoms with Crippen LogP contribution in [0.3, 0.4) is 0 Å². The third-order valence-electron chi connectivity index (χ3n) is 2.97. The molecular formula is C15H18N2O3. The van der Waals surface area contributed by atoms with E-state index in [4.69, 9.17) is 4.42 Å². The first-order chi connectivity index (χ1) is 9.79. The summed E-state index contributed by atoms with van der Waals surface area (Å²) in [5.74, 6) is 0.460. The lowest BCUT2D eigenvalue weighted by molar-refractivity contribution is -0.122. The fraction of sp³-hybridized carbons (Fsp3) is 0.333. The maximum Gasteiger partial charge on any atom is 0.220 e. The monoisotopic (exact) mass is 274 g/mol. The second kappa shape index (κ2) is 7.45. The van der Waals surface area contributed by atoms with Crippen LogP contribution in [0.15, 0.2) is 47.2 Å². The van der Waals surface area contributed by atoms with Crippen LogP contribution in [0, 0.1) is 0 Å². The molecule has 0 aromatic carbocycles. The Labute approximate surface area is 117 Å². The molecule has 0 spiro atoms. The summed E-state index contributed by atoms with van der Waals surface area (Å²) in [7, 11) is 0. The van der Waals surface area contributed by atoms with Gasteiger partial charge in [0.25, 0.3) is 0 Å². The average Bonchev–Trinajstić information content (AvgIpc) is 3.00. The summed E-state index contributed by atoms with van der Waals surface area (Å²) in [5, 5.41) is 12.0. The third-order valence-corrected chi connectivity index (χ3v) is 2.97. The summed E-state index contributed by atoms with van der Waals surface area (Å²) < 4.78 is 5.18. The van der Waals surface area contributed by atoms with E-state index in [-0.39, 0.29) is 12.5 Å². The second-order valence-electron chi connectivity index (χ2n) is 4.49. The van der Waals surface area contributed by atoms with Crippen molar-refractivity contribution in [2.24, 2.45) is 0 Å². The van der Waals surface area contributed by atoms with Gasteiger partial charge in [0, 0.05) is 18.3 Å². The van der Waals surface area contributed by atoms with Gasteiger partial charge in [-0.15, -0.1) is 0 Å². The zero-order valence-corrected chi connectivity index (χ0v) is 11.2. The number of nitrogens with one attached hydrogen (secondary N) is 1. The Bertz CT molecular complexity index is 511. The van der Waals surface area contributed by atoms with Crippen LogP contribution in [0.5, 0.6) is 0 Å². The Morgan fingerprint density at radius 3 is 2.90 bits per heavy atom. The summed E-state index contributed by atoms with van der Waals surface area (Å²) >= 11 is 0. The number of aliphatic hydroxyl groups is 1. The molecule has 5 heteroatoms. The Morgan fingerprint density at radius 2 is 2.25 bits per heavy atom. The Kier molecular flexibility index (Phi) is 5.32. The van der Waals surface area contributed by atoms with Gasteiger partial charge in [0.2, 0.25) is 5.91 Å². The van der Waals surface area contributed by atoms with E-state index in [9.17, 15) is 9.90 Å². The lowest BCUT2D eigenvalue weighted by atomic mass is 10.1. The summed E-state index contributed by atoms with van der Waals surface area (Å²) in [6.07, 6.45) is 5.14. The van der Waals surface area contributed by atoms with Crippen molar-refractivity contribution in [3.05, 3.63) is 54.2 Å². The van der Waals surface area contributed by atoms with Crippen LogP contribution in [0.25, 0.3) is 0 Å². The molecule has 0 fully saturated rings. The molecule has 0 aliphatic carbocycles. The molecule has 0 radical (unpaired) electrons. The summed E-state index contributed by atoms with van der Waals surface area (Å²) in [6.45, 7) is -0.181. The van der Waals surface area contributed by atoms with Gasteiger partial charge in [0.15, 0.2) is 0 Å². The van der Waals surface area contributed by atoms with Crippen LogP contribution >= 0.6 is 0 Å². The minimum absolute atomic E-state index is 0.101. The molecule has 0 bridgehead atoms. The zero-order valence-electron chi connectivity index (χ0n) is 11.2. The van der Waals surface area contributed by atoms with Gasteiger partial charge in [-0.05, 0) is 37.1 Å². The van der Waals surface area contributed by atoms with E-state index in [0.29, 0.717) is 12.2 Å². The predicted molar refractivity (Wildman–Crippen MR) is 73.9 cm³/mol. The number of nitrogens with zero attached hydrogens (tertiary/aromatic N) is 1. The molecule has 1 amide bonds. The first kappa shape index (κ1) is 14.3. The Hall–Kier alpha value is -2.14. The number of carbonyl (C=O) groups is 1. The van der Waals surface area contributed by atoms with Crippen molar-refractivity contribution in [3.63, 3.8) is 0 Å². The molecule has 20 heavy (non-hydrogen) atoms. The maximum absolute atomic E-state index is 11.8. The number of amides is 1. The minimum Gasteiger partial charge on any atom is -0.467 e. The molecule has 0 saturated heterocycles. The first-order valence-corrected chi connectivity index (χ1v) is 6.63. The van der Waals surface area contributed by atoms with Crippen molar-refractivity contribution in [2.75, 3.05) is 6.61 Å². The maximum atomic E-state index is 11.8. The second-order valence-corrected chi connectivity index (χ2v) is 4.49. The molecule has 0 saturated carbocycles. The van der Waals surface area contributed by atoms with Crippen molar-refractivity contribution < 1.29 is 14.3 Å². The number of aliphatic hydroxyl groups excluding tert-OH is 1. The highest BCUT2D eigenvalue weighted by atomic mass is 16.3. The number of hydrogen-bond acceptors (Lipinski definition) is 4. The van der Waals surface area contributed by atoms with Gasteiger partial charge in [0.05, 0.1) is 12.9 Å². The lowest BCUT2D eigenvalue weighted by Crippen LogP contribution is -2.30. The molecule has 2 rings (SSSR count). The number of aromatic nitrogens is 1. The van der Waals surface area contributed by atoms with Crippen LogP contribution in [-0.2, 0) is 11.2 Å². The molecule has 1 unspecified atom stereocenters. The highest BCUT2D eigenvalue weighted by Gasteiger charge is 2.15. The quantitative estimate of drug-likeness (QED) is 0.808. The van der Waals surface area contributed by atoms with Crippen LogP contribution in [0.1, 0.15) is 30.3 Å². The number of aryl methyl sites for hydroxylation is 1. The largest absolute Gasteiger partial charge is 0.467 e. The Balaban J connectivity index is 1.75. The number of rotatable bonds is 7. The SMILES string of the molecule is O=C(CCCc1ccccn1)NC(CO)c1ccco1. The van der Waals surface area contributed by atoms with Crippen LogP contribution in [0.4, 0.5) is 0 Å². The Morgan fingerprint density at radius 1 is 1.35 bits per heavy atom. The molecule has 1 atom stereocenters. The predicted octanol–water partition coefficient (Wildman–Crippen LogP) is 1.85. The fourth-order valence-electron chi connectivity index (χ4n) is 1.94. The van der Waals surface area contributed by atoms with Crippen molar-refractivity contribution in [1.29, 1.82) is 0 Å². The van der Waals surface area contributed by atoms with Gasteiger partial charge in [0.1, 0.15) is 11.8 Å². The molecule has 5 nitrogen and oxygen atoms in total. The standard InChI is InChI=1S/C15H18N2O3/c18-11-13(14-7-4-10-20-14)17-15(19)8-3-6-12-5-1-2-9-16-12/h1-2,4-5,7,9-10,13,18H,3,6,8,11H2,(H,17,19). The number of furan rings is 1. The van der Waals surface area contributed by atoms with Gasteiger partial charge in [-0.3, -0.25) is 9.78 Å². The molecule has 2 aromatic heterocycles. The van der Waals surface area contributed by atoms with Crippen LogP contribution in [0.2, 0.25) is 0 Å². The molecular weight excluding hydrogens is 256 g/mol. The molecule has 0 aliphatic rings. The van der Waals surface area contributed by atoms with E-state index in [1.165, 1.54) is 6.26 Å². The fourth-order valence-corrected chi connectivity index (χ4v) is 1.94.